The number of hydrogen-bond acceptors (Lipinski definition) is 5. The Balaban J connectivity index is 2.08. The van der Waals surface area contributed by atoms with Crippen molar-refractivity contribution in [3.05, 3.63) is 46.0 Å². The highest BCUT2D eigenvalue weighted by molar-refractivity contribution is 5.43. The summed E-state index contributed by atoms with van der Waals surface area (Å²) in [4.78, 5) is 10.2. The summed E-state index contributed by atoms with van der Waals surface area (Å²) in [6, 6.07) is 3.49. The molecule has 0 unspecified atom stereocenters. The molecule has 6 nitrogen and oxygen atoms in total. The third kappa shape index (κ3) is 4.22. The van der Waals surface area contributed by atoms with Crippen LogP contribution in [-0.4, -0.2) is 29.3 Å². The molecule has 8 heteroatoms. The van der Waals surface area contributed by atoms with E-state index in [1.54, 1.807) is 0 Å². The molecular formula is C14H16F2N2O4. The Labute approximate surface area is 125 Å². The van der Waals surface area contributed by atoms with Gasteiger partial charge in [-0.05, 0) is 12.5 Å². The van der Waals surface area contributed by atoms with Crippen LogP contribution in [0.2, 0.25) is 0 Å². The second-order valence-electron chi connectivity index (χ2n) is 4.98. The van der Waals surface area contributed by atoms with Crippen LogP contribution in [0.5, 0.6) is 5.75 Å². The van der Waals surface area contributed by atoms with E-state index in [-0.39, 0.29) is 42.1 Å². The van der Waals surface area contributed by atoms with Crippen LogP contribution in [-0.2, 0) is 6.54 Å². The minimum absolute atomic E-state index is 0.0178. The highest BCUT2D eigenvalue weighted by Gasteiger charge is 2.19. The highest BCUT2D eigenvalue weighted by Crippen LogP contribution is 2.26. The number of aliphatic hydroxyl groups is 1. The molecule has 0 amide bonds. The molecule has 0 spiro atoms. The first-order valence-electron chi connectivity index (χ1n) is 6.74. The van der Waals surface area contributed by atoms with Gasteiger partial charge in [0.1, 0.15) is 5.75 Å². The lowest BCUT2D eigenvalue weighted by molar-refractivity contribution is -0.385. The smallest absolute Gasteiger partial charge is 0.387 e. The third-order valence-electron chi connectivity index (χ3n) is 3.43. The van der Waals surface area contributed by atoms with Gasteiger partial charge in [0.05, 0.1) is 4.92 Å². The average Bonchev–Trinajstić information content (AvgIpc) is 2.93. The first kappa shape index (κ1) is 16.3. The van der Waals surface area contributed by atoms with E-state index in [1.807, 2.05) is 12.2 Å². The van der Waals surface area contributed by atoms with Gasteiger partial charge in [0.15, 0.2) is 0 Å². The fourth-order valence-electron chi connectivity index (χ4n) is 2.33. The lowest BCUT2D eigenvalue weighted by Crippen LogP contribution is -2.26. The van der Waals surface area contributed by atoms with Crippen molar-refractivity contribution in [3.8, 4) is 5.75 Å². The highest BCUT2D eigenvalue weighted by atomic mass is 19.3. The van der Waals surface area contributed by atoms with E-state index in [2.05, 4.69) is 10.1 Å². The van der Waals surface area contributed by atoms with Crippen LogP contribution in [0.25, 0.3) is 0 Å². The van der Waals surface area contributed by atoms with E-state index >= 15 is 0 Å². The zero-order chi connectivity index (χ0) is 16.1. The summed E-state index contributed by atoms with van der Waals surface area (Å²) in [5, 5.41) is 22.9. The number of benzene rings is 1. The predicted octanol–water partition coefficient (Wildman–Crippen LogP) is 2.22. The van der Waals surface area contributed by atoms with Gasteiger partial charge in [0.2, 0.25) is 0 Å². The monoisotopic (exact) mass is 314 g/mol. The first-order chi connectivity index (χ1) is 10.5. The number of nitrogens with zero attached hydrogens (tertiary/aromatic N) is 1. The van der Waals surface area contributed by atoms with Crippen LogP contribution in [0, 0.1) is 16.0 Å². The van der Waals surface area contributed by atoms with Crippen LogP contribution >= 0.6 is 0 Å². The molecular weight excluding hydrogens is 298 g/mol. The van der Waals surface area contributed by atoms with E-state index in [0.29, 0.717) is 6.42 Å². The van der Waals surface area contributed by atoms with Crippen molar-refractivity contribution >= 4 is 5.69 Å². The molecule has 2 atom stereocenters. The molecule has 1 aliphatic rings. The minimum Gasteiger partial charge on any atom is -0.434 e. The van der Waals surface area contributed by atoms with E-state index in [1.165, 1.54) is 12.1 Å². The molecule has 0 aliphatic heterocycles. The third-order valence-corrected chi connectivity index (χ3v) is 3.43. The predicted molar refractivity (Wildman–Crippen MR) is 74.7 cm³/mol. The zero-order valence-electron chi connectivity index (χ0n) is 11.6. The van der Waals surface area contributed by atoms with Crippen molar-refractivity contribution in [2.75, 3.05) is 6.61 Å². The van der Waals surface area contributed by atoms with Gasteiger partial charge in [-0.3, -0.25) is 10.1 Å². The second kappa shape index (κ2) is 7.28. The van der Waals surface area contributed by atoms with E-state index in [9.17, 15) is 18.9 Å². The Morgan fingerprint density at radius 2 is 2.23 bits per heavy atom. The quantitative estimate of drug-likeness (QED) is 0.458. The SMILES string of the molecule is O=[N+]([O-])c1ccc(OC(F)F)c(CN[C@@H]2C=C[C@H](CO)C2)c1. The Morgan fingerprint density at radius 1 is 1.45 bits per heavy atom. The zero-order valence-corrected chi connectivity index (χ0v) is 11.6. The van der Waals surface area contributed by atoms with E-state index in [0.717, 1.165) is 6.07 Å². The van der Waals surface area contributed by atoms with Crippen molar-refractivity contribution in [2.45, 2.75) is 25.6 Å². The number of nitrogens with one attached hydrogen (secondary N) is 1. The molecule has 0 saturated heterocycles. The number of non-ortho nitro benzene ring substituents is 1. The van der Waals surface area contributed by atoms with Crippen molar-refractivity contribution < 1.29 is 23.5 Å². The fraction of sp³-hybridized carbons (Fsp3) is 0.429. The summed E-state index contributed by atoms with van der Waals surface area (Å²) in [7, 11) is 0. The topological polar surface area (TPSA) is 84.6 Å². The van der Waals surface area contributed by atoms with Gasteiger partial charge in [-0.25, -0.2) is 0 Å². The molecule has 22 heavy (non-hydrogen) atoms. The molecule has 120 valence electrons. The molecule has 0 bridgehead atoms. The fourth-order valence-corrected chi connectivity index (χ4v) is 2.33. The first-order valence-corrected chi connectivity index (χ1v) is 6.74. The molecule has 0 saturated carbocycles. The molecule has 2 N–H and O–H groups in total. The largest absolute Gasteiger partial charge is 0.434 e. The Bertz CT molecular complexity index is 566. The van der Waals surface area contributed by atoms with Crippen molar-refractivity contribution in [2.24, 2.45) is 5.92 Å². The molecule has 0 fully saturated rings. The van der Waals surface area contributed by atoms with Gasteiger partial charge in [0.25, 0.3) is 5.69 Å². The molecule has 0 heterocycles. The molecule has 0 radical (unpaired) electrons. The number of nitro benzene ring substituents is 1. The van der Waals surface area contributed by atoms with Gasteiger partial charge >= 0.3 is 6.61 Å². The Kier molecular flexibility index (Phi) is 5.40. The summed E-state index contributed by atoms with van der Waals surface area (Å²) in [6.07, 6.45) is 4.45. The molecule has 1 aromatic rings. The Hall–Kier alpha value is -2.06. The summed E-state index contributed by atoms with van der Waals surface area (Å²) in [6.45, 7) is -2.80. The van der Waals surface area contributed by atoms with Crippen LogP contribution in [0.15, 0.2) is 30.4 Å². The van der Waals surface area contributed by atoms with Crippen molar-refractivity contribution in [3.63, 3.8) is 0 Å². The standard InChI is InChI=1S/C14H16F2N2O4/c15-14(16)22-13-4-3-12(18(20)21)6-10(13)7-17-11-2-1-9(5-11)8-19/h1-4,6,9,11,14,17,19H,5,7-8H2/t9-,11+/m0/s1. The molecule has 1 aliphatic carbocycles. The Morgan fingerprint density at radius 3 is 2.82 bits per heavy atom. The molecule has 2 rings (SSSR count). The second-order valence-corrected chi connectivity index (χ2v) is 4.98. The van der Waals surface area contributed by atoms with Gasteiger partial charge in [0, 0.05) is 42.8 Å². The summed E-state index contributed by atoms with van der Waals surface area (Å²) in [5.41, 5.74) is 0.101. The lowest BCUT2D eigenvalue weighted by atomic mass is 10.1. The lowest BCUT2D eigenvalue weighted by Gasteiger charge is -2.15. The number of nitro groups is 1. The maximum atomic E-state index is 12.4. The number of halogens is 2. The maximum absolute atomic E-state index is 12.4. The number of hydrogen-bond donors (Lipinski definition) is 2. The normalized spacial score (nSPS) is 20.5. The van der Waals surface area contributed by atoms with Crippen molar-refractivity contribution in [1.82, 2.24) is 5.32 Å². The molecule has 1 aromatic carbocycles. The number of aliphatic hydroxyl groups excluding tert-OH is 1. The van der Waals surface area contributed by atoms with E-state index in [4.69, 9.17) is 5.11 Å². The minimum atomic E-state index is -3.00. The van der Waals surface area contributed by atoms with Gasteiger partial charge in [-0.15, -0.1) is 0 Å². The van der Waals surface area contributed by atoms with Crippen LogP contribution in [0.4, 0.5) is 14.5 Å². The molecule has 0 aromatic heterocycles. The van der Waals surface area contributed by atoms with Crippen LogP contribution in [0.3, 0.4) is 0 Å². The maximum Gasteiger partial charge on any atom is 0.387 e. The summed E-state index contributed by atoms with van der Waals surface area (Å²) >= 11 is 0. The van der Waals surface area contributed by atoms with Crippen molar-refractivity contribution in [1.29, 1.82) is 0 Å². The van der Waals surface area contributed by atoms with E-state index < -0.39 is 11.5 Å². The van der Waals surface area contributed by atoms with Crippen LogP contribution < -0.4 is 10.1 Å². The number of alkyl halides is 2. The van der Waals surface area contributed by atoms with Gasteiger partial charge < -0.3 is 15.2 Å². The average molecular weight is 314 g/mol. The summed E-state index contributed by atoms with van der Waals surface area (Å²) < 4.78 is 29.1. The number of rotatable bonds is 7. The number of ether oxygens (including phenoxy) is 1. The van der Waals surface area contributed by atoms with Gasteiger partial charge in [-0.2, -0.15) is 8.78 Å². The van der Waals surface area contributed by atoms with Gasteiger partial charge in [-0.1, -0.05) is 12.2 Å². The van der Waals surface area contributed by atoms with Crippen LogP contribution in [0.1, 0.15) is 12.0 Å². The summed E-state index contributed by atoms with van der Waals surface area (Å²) in [5.74, 6) is -0.0202.